The zero-order valence-electron chi connectivity index (χ0n) is 17.0. The maximum atomic E-state index is 13.6. The molecule has 0 aliphatic heterocycles. The van der Waals surface area contributed by atoms with Crippen molar-refractivity contribution in [2.24, 2.45) is 5.84 Å². The summed E-state index contributed by atoms with van der Waals surface area (Å²) in [5, 5.41) is 2.93. The highest BCUT2D eigenvalue weighted by Gasteiger charge is 2.23. The molecule has 0 heterocycles. The van der Waals surface area contributed by atoms with Crippen molar-refractivity contribution in [1.29, 1.82) is 0 Å². The number of anilines is 1. The second kappa shape index (κ2) is 11.4. The van der Waals surface area contributed by atoms with Crippen LogP contribution >= 0.6 is 11.6 Å². The summed E-state index contributed by atoms with van der Waals surface area (Å²) < 4.78 is 13.6. The fourth-order valence-corrected chi connectivity index (χ4v) is 2.68. The van der Waals surface area contributed by atoms with E-state index in [0.29, 0.717) is 11.1 Å². The molecular formula is C21H26ClFN4O2. The molecule has 0 fully saturated rings. The number of hydrogen-bond donors (Lipinski definition) is 2. The summed E-state index contributed by atoms with van der Waals surface area (Å²) in [4.78, 5) is 17.4. The van der Waals surface area contributed by atoms with Gasteiger partial charge in [-0.2, -0.15) is 0 Å². The molecule has 0 saturated carbocycles. The molecule has 8 heteroatoms. The Bertz CT molecular complexity index is 895. The summed E-state index contributed by atoms with van der Waals surface area (Å²) in [6.45, 7) is 5.94. The van der Waals surface area contributed by atoms with Crippen molar-refractivity contribution in [1.82, 2.24) is 10.1 Å². The van der Waals surface area contributed by atoms with Gasteiger partial charge in [0, 0.05) is 25.7 Å². The zero-order valence-corrected chi connectivity index (χ0v) is 17.8. The van der Waals surface area contributed by atoms with Gasteiger partial charge < -0.3 is 5.73 Å². The largest absolute Gasteiger partial charge is 0.397 e. The average molecular weight is 421 g/mol. The Balaban J connectivity index is 0.000000612. The van der Waals surface area contributed by atoms with Gasteiger partial charge in [-0.25, -0.2) is 14.5 Å². The molecule has 0 atom stereocenters. The van der Waals surface area contributed by atoms with E-state index in [1.165, 1.54) is 38.4 Å². The van der Waals surface area contributed by atoms with Crippen molar-refractivity contribution in [3.05, 3.63) is 52.3 Å². The molecule has 0 aliphatic carbocycles. The first kappa shape index (κ1) is 24.4. The van der Waals surface area contributed by atoms with E-state index in [9.17, 15) is 9.18 Å². The Morgan fingerprint density at radius 3 is 2.38 bits per heavy atom. The third kappa shape index (κ3) is 6.17. The molecule has 2 aromatic carbocycles. The molecule has 156 valence electrons. The van der Waals surface area contributed by atoms with Crippen LogP contribution in [0.1, 0.15) is 29.8 Å². The van der Waals surface area contributed by atoms with E-state index in [-0.39, 0.29) is 21.8 Å². The molecule has 1 amide bonds. The van der Waals surface area contributed by atoms with E-state index in [1.54, 1.807) is 11.1 Å². The normalized spacial score (nSPS) is 10.2. The Hall–Kier alpha value is -2.63. The molecule has 0 bridgehead atoms. The van der Waals surface area contributed by atoms with E-state index < -0.39 is 11.7 Å². The maximum Gasteiger partial charge on any atom is 0.277 e. The summed E-state index contributed by atoms with van der Waals surface area (Å²) in [5.41, 5.74) is 7.39. The van der Waals surface area contributed by atoms with Gasteiger partial charge in [-0.05, 0) is 23.8 Å². The van der Waals surface area contributed by atoms with Crippen molar-refractivity contribution >= 4 is 23.2 Å². The number of nitrogens with zero attached hydrogens (tertiary/aromatic N) is 2. The van der Waals surface area contributed by atoms with Gasteiger partial charge in [0.25, 0.3) is 5.91 Å². The second-order valence-corrected chi connectivity index (χ2v) is 6.34. The Morgan fingerprint density at radius 1 is 1.31 bits per heavy atom. The number of terminal acetylenes is 1. The fourth-order valence-electron chi connectivity index (χ4n) is 2.42. The SMILES string of the molecule is C#Cc1c(Cl)cc(C(=O)N(C)OC)c(-c2cccc(F)c2)c1N.CCN(N)CC. The highest BCUT2D eigenvalue weighted by Crippen LogP contribution is 2.37. The third-order valence-electron chi connectivity index (χ3n) is 4.18. The number of hydrogen-bond acceptors (Lipinski definition) is 5. The van der Waals surface area contributed by atoms with Crippen LogP contribution in [0.25, 0.3) is 11.1 Å². The maximum absolute atomic E-state index is 13.6. The van der Waals surface area contributed by atoms with Crippen LogP contribution in [0.2, 0.25) is 5.02 Å². The van der Waals surface area contributed by atoms with Gasteiger partial charge in [0.15, 0.2) is 0 Å². The summed E-state index contributed by atoms with van der Waals surface area (Å²) in [5.74, 6) is 6.75. The van der Waals surface area contributed by atoms with Gasteiger partial charge in [0.1, 0.15) is 5.82 Å². The number of halogens is 2. The zero-order chi connectivity index (χ0) is 22.1. The summed E-state index contributed by atoms with van der Waals surface area (Å²) in [7, 11) is 2.79. The number of carbonyl (C=O) groups excluding carboxylic acids is 1. The molecule has 29 heavy (non-hydrogen) atoms. The predicted molar refractivity (Wildman–Crippen MR) is 115 cm³/mol. The van der Waals surface area contributed by atoms with E-state index >= 15 is 0 Å². The smallest absolute Gasteiger partial charge is 0.277 e. The molecule has 0 unspecified atom stereocenters. The molecular weight excluding hydrogens is 395 g/mol. The van der Waals surface area contributed by atoms with Gasteiger partial charge in [-0.15, -0.1) is 6.42 Å². The van der Waals surface area contributed by atoms with Gasteiger partial charge in [0.05, 0.1) is 28.9 Å². The van der Waals surface area contributed by atoms with E-state index in [4.69, 9.17) is 34.4 Å². The lowest BCUT2D eigenvalue weighted by Gasteiger charge is -2.19. The van der Waals surface area contributed by atoms with Crippen molar-refractivity contribution in [3.63, 3.8) is 0 Å². The fraction of sp³-hybridized carbons (Fsp3) is 0.286. The first-order valence-electron chi connectivity index (χ1n) is 8.87. The second-order valence-electron chi connectivity index (χ2n) is 5.93. The lowest BCUT2D eigenvalue weighted by atomic mass is 9.94. The number of nitrogen functional groups attached to an aromatic ring is 1. The Kier molecular flexibility index (Phi) is 9.59. The first-order valence-corrected chi connectivity index (χ1v) is 9.25. The van der Waals surface area contributed by atoms with E-state index in [2.05, 4.69) is 5.92 Å². The minimum Gasteiger partial charge on any atom is -0.397 e. The lowest BCUT2D eigenvalue weighted by Crippen LogP contribution is -2.29. The summed E-state index contributed by atoms with van der Waals surface area (Å²) in [6, 6.07) is 7.12. The van der Waals surface area contributed by atoms with Crippen LogP contribution in [0.4, 0.5) is 10.1 Å². The van der Waals surface area contributed by atoms with Crippen molar-refractivity contribution in [2.75, 3.05) is 33.0 Å². The Labute approximate surface area is 176 Å². The summed E-state index contributed by atoms with van der Waals surface area (Å²) in [6.07, 6.45) is 5.43. The number of hydroxylamine groups is 2. The lowest BCUT2D eigenvalue weighted by molar-refractivity contribution is -0.0756. The molecule has 0 radical (unpaired) electrons. The highest BCUT2D eigenvalue weighted by molar-refractivity contribution is 6.33. The summed E-state index contributed by atoms with van der Waals surface area (Å²) >= 11 is 6.11. The van der Waals surface area contributed by atoms with Gasteiger partial charge >= 0.3 is 0 Å². The molecule has 4 N–H and O–H groups in total. The predicted octanol–water partition coefficient (Wildman–Crippen LogP) is 3.54. The van der Waals surface area contributed by atoms with E-state index in [0.717, 1.165) is 18.2 Å². The number of hydrazine groups is 1. The number of benzene rings is 2. The standard InChI is InChI=1S/C17H14ClFN2O2.C4H12N2/c1-4-12-14(18)9-13(17(22)21(2)23-3)15(16(12)20)10-6-5-7-11(19)8-10;1-3-6(5)4-2/h1,5-9H,20H2,2-3H3;3-5H2,1-2H3. The van der Waals surface area contributed by atoms with Gasteiger partial charge in [-0.1, -0.05) is 43.5 Å². The Morgan fingerprint density at radius 2 is 1.93 bits per heavy atom. The van der Waals surface area contributed by atoms with Crippen LogP contribution < -0.4 is 11.6 Å². The van der Waals surface area contributed by atoms with Crippen LogP contribution in [0.3, 0.4) is 0 Å². The number of amides is 1. The molecule has 0 aromatic heterocycles. The topological polar surface area (TPSA) is 84.8 Å². The van der Waals surface area contributed by atoms with Crippen LogP contribution in [-0.4, -0.2) is 43.2 Å². The van der Waals surface area contributed by atoms with E-state index in [1.807, 2.05) is 13.8 Å². The minimum atomic E-state index is -0.482. The van der Waals surface area contributed by atoms with Gasteiger partial charge in [-0.3, -0.25) is 15.5 Å². The molecule has 2 rings (SSSR count). The van der Waals surface area contributed by atoms with Crippen molar-refractivity contribution < 1.29 is 14.0 Å². The quantitative estimate of drug-likeness (QED) is 0.334. The average Bonchev–Trinajstić information content (AvgIpc) is 2.72. The molecule has 0 spiro atoms. The molecule has 6 nitrogen and oxygen atoms in total. The molecule has 2 aromatic rings. The number of rotatable bonds is 5. The van der Waals surface area contributed by atoms with Crippen LogP contribution in [0.15, 0.2) is 30.3 Å². The third-order valence-corrected chi connectivity index (χ3v) is 4.48. The first-order chi connectivity index (χ1) is 13.7. The van der Waals surface area contributed by atoms with Gasteiger partial charge in [0.2, 0.25) is 0 Å². The minimum absolute atomic E-state index is 0.137. The monoisotopic (exact) mass is 420 g/mol. The highest BCUT2D eigenvalue weighted by atomic mass is 35.5. The van der Waals surface area contributed by atoms with Crippen LogP contribution in [0.5, 0.6) is 0 Å². The molecule has 0 saturated heterocycles. The number of carbonyl (C=O) groups is 1. The van der Waals surface area contributed by atoms with Crippen LogP contribution in [0, 0.1) is 18.2 Å². The van der Waals surface area contributed by atoms with Crippen molar-refractivity contribution in [3.8, 4) is 23.5 Å². The molecule has 0 aliphatic rings. The number of nitrogens with two attached hydrogens (primary N) is 2. The van der Waals surface area contributed by atoms with Crippen molar-refractivity contribution in [2.45, 2.75) is 13.8 Å². The van der Waals surface area contributed by atoms with Crippen LogP contribution in [-0.2, 0) is 4.84 Å².